The average molecular weight is 197 g/mol. The molecular formula is C8H11N3OS. The summed E-state index contributed by atoms with van der Waals surface area (Å²) in [6, 6.07) is 0. The van der Waals surface area contributed by atoms with Crippen molar-refractivity contribution in [2.45, 2.75) is 13.0 Å². The lowest BCUT2D eigenvalue weighted by Crippen LogP contribution is -2.22. The number of aryl methyl sites for hydroxylation is 1. The summed E-state index contributed by atoms with van der Waals surface area (Å²) in [7, 11) is 1.54. The van der Waals surface area contributed by atoms with Crippen LogP contribution in [0.5, 0.6) is 0 Å². The molecular weight excluding hydrogens is 186 g/mol. The van der Waals surface area contributed by atoms with Crippen LogP contribution < -0.4 is 5.73 Å². The number of thiocarbonyl (C=S) groups is 1. The third-order valence-corrected chi connectivity index (χ3v) is 1.88. The largest absolute Gasteiger partial charge is 0.391 e. The Balaban J connectivity index is 3.04. The highest BCUT2D eigenvalue weighted by atomic mass is 32.1. The monoisotopic (exact) mass is 197 g/mol. The zero-order valence-electron chi connectivity index (χ0n) is 7.52. The van der Waals surface area contributed by atoms with E-state index < -0.39 is 6.10 Å². The lowest BCUT2D eigenvalue weighted by molar-refractivity contribution is 0.154. The summed E-state index contributed by atoms with van der Waals surface area (Å²) in [5, 5.41) is 0. The predicted molar refractivity (Wildman–Crippen MR) is 53.3 cm³/mol. The van der Waals surface area contributed by atoms with Crippen LogP contribution in [0.1, 0.15) is 17.5 Å². The smallest absolute Gasteiger partial charge is 0.150 e. The normalized spacial score (nSPS) is 12.5. The van der Waals surface area contributed by atoms with E-state index in [1.54, 1.807) is 12.4 Å². The second-order valence-corrected chi connectivity index (χ2v) is 3.02. The summed E-state index contributed by atoms with van der Waals surface area (Å²) >= 11 is 4.84. The molecule has 0 spiro atoms. The Labute approximate surface area is 82.1 Å². The standard InChI is InChI=1S/C8H11N3OS/c1-5-6(11-4-3-10-5)7(12-2)8(9)13/h3-4,7H,1-2H3,(H2,9,13). The van der Waals surface area contributed by atoms with Crippen LogP contribution in [0.3, 0.4) is 0 Å². The minimum Gasteiger partial charge on any atom is -0.391 e. The molecule has 1 aromatic rings. The van der Waals surface area contributed by atoms with E-state index in [9.17, 15) is 0 Å². The molecule has 4 nitrogen and oxygen atoms in total. The van der Waals surface area contributed by atoms with E-state index in [-0.39, 0.29) is 4.99 Å². The molecule has 0 saturated heterocycles. The molecule has 0 radical (unpaired) electrons. The van der Waals surface area contributed by atoms with Crippen molar-refractivity contribution in [3.05, 3.63) is 23.8 Å². The van der Waals surface area contributed by atoms with E-state index in [2.05, 4.69) is 9.97 Å². The zero-order valence-corrected chi connectivity index (χ0v) is 8.34. The fourth-order valence-corrected chi connectivity index (χ4v) is 1.25. The van der Waals surface area contributed by atoms with Gasteiger partial charge in [-0.2, -0.15) is 0 Å². The van der Waals surface area contributed by atoms with Crippen LogP contribution in [0.25, 0.3) is 0 Å². The Bertz CT molecular complexity index is 316. The molecule has 70 valence electrons. The molecule has 1 atom stereocenters. The predicted octanol–water partition coefficient (Wildman–Crippen LogP) is 0.759. The molecule has 1 aromatic heterocycles. The van der Waals surface area contributed by atoms with Crippen LogP contribution >= 0.6 is 12.2 Å². The minimum absolute atomic E-state index is 0.270. The molecule has 0 aliphatic carbocycles. The van der Waals surface area contributed by atoms with Crippen LogP contribution in [-0.4, -0.2) is 22.1 Å². The van der Waals surface area contributed by atoms with Gasteiger partial charge in [-0.05, 0) is 6.92 Å². The SMILES string of the molecule is COC(C(N)=S)c1nccnc1C. The van der Waals surface area contributed by atoms with Crippen LogP contribution in [0.4, 0.5) is 0 Å². The Hall–Kier alpha value is -1.07. The van der Waals surface area contributed by atoms with Crippen molar-refractivity contribution in [1.29, 1.82) is 0 Å². The van der Waals surface area contributed by atoms with E-state index in [0.29, 0.717) is 5.69 Å². The van der Waals surface area contributed by atoms with Gasteiger partial charge in [-0.15, -0.1) is 0 Å². The van der Waals surface area contributed by atoms with Gasteiger partial charge in [0.15, 0.2) is 6.10 Å². The maximum Gasteiger partial charge on any atom is 0.150 e. The lowest BCUT2D eigenvalue weighted by atomic mass is 10.2. The van der Waals surface area contributed by atoms with Gasteiger partial charge in [0, 0.05) is 19.5 Å². The number of nitrogens with zero attached hydrogens (tertiary/aromatic N) is 2. The van der Waals surface area contributed by atoms with Crippen molar-refractivity contribution in [3.63, 3.8) is 0 Å². The first kappa shape index (κ1) is 10.0. The second-order valence-electron chi connectivity index (χ2n) is 2.55. The van der Waals surface area contributed by atoms with Gasteiger partial charge >= 0.3 is 0 Å². The molecule has 0 aliphatic rings. The topological polar surface area (TPSA) is 61.0 Å². The summed E-state index contributed by atoms with van der Waals surface area (Å²) in [4.78, 5) is 8.46. The number of nitrogens with two attached hydrogens (primary N) is 1. The van der Waals surface area contributed by atoms with Crippen molar-refractivity contribution in [2.75, 3.05) is 7.11 Å². The molecule has 0 aromatic carbocycles. The summed E-state index contributed by atoms with van der Waals surface area (Å²) in [5.41, 5.74) is 6.94. The van der Waals surface area contributed by atoms with E-state index in [0.717, 1.165) is 5.69 Å². The average Bonchev–Trinajstić information content (AvgIpc) is 2.09. The van der Waals surface area contributed by atoms with E-state index in [4.69, 9.17) is 22.7 Å². The van der Waals surface area contributed by atoms with Gasteiger partial charge in [0.05, 0.1) is 11.4 Å². The van der Waals surface area contributed by atoms with Gasteiger partial charge in [0.2, 0.25) is 0 Å². The second kappa shape index (κ2) is 4.25. The molecule has 0 bridgehead atoms. The van der Waals surface area contributed by atoms with Crippen LogP contribution in [-0.2, 0) is 4.74 Å². The molecule has 5 heteroatoms. The molecule has 1 rings (SSSR count). The third kappa shape index (κ3) is 2.19. The van der Waals surface area contributed by atoms with Gasteiger partial charge in [-0.3, -0.25) is 9.97 Å². The highest BCUT2D eigenvalue weighted by Gasteiger charge is 2.17. The number of rotatable bonds is 3. The van der Waals surface area contributed by atoms with Crippen molar-refractivity contribution in [2.24, 2.45) is 5.73 Å². The Kier molecular flexibility index (Phi) is 3.27. The van der Waals surface area contributed by atoms with Crippen molar-refractivity contribution >= 4 is 17.2 Å². The minimum atomic E-state index is -0.441. The van der Waals surface area contributed by atoms with Gasteiger partial charge in [-0.25, -0.2) is 0 Å². The van der Waals surface area contributed by atoms with E-state index in [1.165, 1.54) is 7.11 Å². The lowest BCUT2D eigenvalue weighted by Gasteiger charge is -2.13. The molecule has 13 heavy (non-hydrogen) atoms. The first-order valence-electron chi connectivity index (χ1n) is 3.76. The summed E-state index contributed by atoms with van der Waals surface area (Å²) in [6.07, 6.45) is 2.77. The Morgan fingerprint density at radius 3 is 2.62 bits per heavy atom. The summed E-state index contributed by atoms with van der Waals surface area (Å²) in [6.45, 7) is 1.84. The summed E-state index contributed by atoms with van der Waals surface area (Å²) in [5.74, 6) is 0. The number of methoxy groups -OCH3 is 1. The Morgan fingerprint density at radius 2 is 2.15 bits per heavy atom. The molecule has 0 amide bonds. The first-order valence-corrected chi connectivity index (χ1v) is 4.17. The maximum atomic E-state index is 5.49. The van der Waals surface area contributed by atoms with E-state index in [1.807, 2.05) is 6.92 Å². The quantitative estimate of drug-likeness (QED) is 0.725. The van der Waals surface area contributed by atoms with Gasteiger partial charge in [-0.1, -0.05) is 12.2 Å². The van der Waals surface area contributed by atoms with Crippen LogP contribution in [0.2, 0.25) is 0 Å². The molecule has 1 heterocycles. The fourth-order valence-electron chi connectivity index (χ4n) is 1.04. The third-order valence-electron chi connectivity index (χ3n) is 1.66. The van der Waals surface area contributed by atoms with Gasteiger partial charge in [0.25, 0.3) is 0 Å². The maximum absolute atomic E-state index is 5.49. The number of ether oxygens (including phenoxy) is 1. The van der Waals surface area contributed by atoms with Gasteiger partial charge < -0.3 is 10.5 Å². The summed E-state index contributed by atoms with van der Waals surface area (Å²) < 4.78 is 5.11. The zero-order chi connectivity index (χ0) is 9.84. The van der Waals surface area contributed by atoms with E-state index >= 15 is 0 Å². The molecule has 1 unspecified atom stereocenters. The Morgan fingerprint density at radius 1 is 1.54 bits per heavy atom. The first-order chi connectivity index (χ1) is 6.16. The fraction of sp³-hybridized carbons (Fsp3) is 0.375. The molecule has 0 aliphatic heterocycles. The molecule has 0 saturated carbocycles. The highest BCUT2D eigenvalue weighted by molar-refractivity contribution is 7.80. The number of hydrogen-bond donors (Lipinski definition) is 1. The highest BCUT2D eigenvalue weighted by Crippen LogP contribution is 2.16. The van der Waals surface area contributed by atoms with Gasteiger partial charge in [0.1, 0.15) is 4.99 Å². The van der Waals surface area contributed by atoms with Crippen LogP contribution in [0, 0.1) is 6.92 Å². The molecule has 2 N–H and O–H groups in total. The van der Waals surface area contributed by atoms with Crippen molar-refractivity contribution in [3.8, 4) is 0 Å². The molecule has 0 fully saturated rings. The van der Waals surface area contributed by atoms with Crippen LogP contribution in [0.15, 0.2) is 12.4 Å². The number of hydrogen-bond acceptors (Lipinski definition) is 4. The van der Waals surface area contributed by atoms with Crippen molar-refractivity contribution < 1.29 is 4.74 Å². The number of aromatic nitrogens is 2. The van der Waals surface area contributed by atoms with Crippen molar-refractivity contribution in [1.82, 2.24) is 9.97 Å².